The van der Waals surface area contributed by atoms with E-state index in [1.165, 1.54) is 0 Å². The molecule has 4 heteroatoms. The molecule has 0 bridgehead atoms. The first-order valence-corrected chi connectivity index (χ1v) is 6.63. The predicted octanol–water partition coefficient (Wildman–Crippen LogP) is 2.44. The van der Waals surface area contributed by atoms with Gasteiger partial charge < -0.3 is 11.1 Å². The summed E-state index contributed by atoms with van der Waals surface area (Å²) in [6, 6.07) is 9.62. The summed E-state index contributed by atoms with van der Waals surface area (Å²) < 4.78 is 0. The van der Waals surface area contributed by atoms with Gasteiger partial charge in [-0.15, -0.1) is 0 Å². The minimum absolute atomic E-state index is 0.0943. The second-order valence-corrected chi connectivity index (χ2v) is 5.20. The largest absolute Gasteiger partial charge is 0.323 e. The molecule has 0 saturated heterocycles. The Morgan fingerprint density at radius 2 is 1.95 bits per heavy atom. The van der Waals surface area contributed by atoms with E-state index in [4.69, 9.17) is 5.73 Å². The van der Waals surface area contributed by atoms with Crippen LogP contribution in [0.4, 0.5) is 5.69 Å². The molecule has 1 heterocycles. The molecule has 0 atom stereocenters. The van der Waals surface area contributed by atoms with Crippen LogP contribution in [-0.4, -0.2) is 16.4 Å². The van der Waals surface area contributed by atoms with Crippen LogP contribution in [0.2, 0.25) is 0 Å². The summed E-state index contributed by atoms with van der Waals surface area (Å²) in [7, 11) is 0. The van der Waals surface area contributed by atoms with Crippen LogP contribution in [-0.2, 0) is 4.79 Å². The number of benzene rings is 1. The number of nitrogens with two attached hydrogens (primary N) is 1. The maximum absolute atomic E-state index is 12.3. The molecule has 1 saturated carbocycles. The third kappa shape index (κ3) is 2.19. The van der Waals surface area contributed by atoms with Gasteiger partial charge in [0.15, 0.2) is 0 Å². The average Bonchev–Trinajstić information content (AvgIpc) is 2.87. The number of anilines is 1. The minimum Gasteiger partial charge on any atom is -0.323 e. The molecule has 0 spiro atoms. The first kappa shape index (κ1) is 12.1. The minimum atomic E-state index is -0.711. The molecule has 1 aliphatic rings. The fourth-order valence-corrected chi connectivity index (χ4v) is 2.68. The summed E-state index contributed by atoms with van der Waals surface area (Å²) >= 11 is 0. The first-order chi connectivity index (χ1) is 9.19. The first-order valence-electron chi connectivity index (χ1n) is 6.63. The molecule has 19 heavy (non-hydrogen) atoms. The van der Waals surface area contributed by atoms with Gasteiger partial charge in [0.25, 0.3) is 0 Å². The average molecular weight is 255 g/mol. The third-order valence-electron chi connectivity index (χ3n) is 3.83. The molecule has 1 aliphatic carbocycles. The summed E-state index contributed by atoms with van der Waals surface area (Å²) in [5.41, 5.74) is 6.99. The number of amides is 1. The van der Waals surface area contributed by atoms with Crippen molar-refractivity contribution < 1.29 is 4.79 Å². The van der Waals surface area contributed by atoms with Crippen molar-refractivity contribution in [3.63, 3.8) is 0 Å². The van der Waals surface area contributed by atoms with E-state index in [2.05, 4.69) is 10.3 Å². The van der Waals surface area contributed by atoms with Gasteiger partial charge in [0.05, 0.1) is 16.7 Å². The monoisotopic (exact) mass is 255 g/mol. The summed E-state index contributed by atoms with van der Waals surface area (Å²) in [6.45, 7) is 0. The molecule has 0 unspecified atom stereocenters. The molecule has 4 nitrogen and oxygen atoms in total. The number of aromatic nitrogens is 1. The van der Waals surface area contributed by atoms with Crippen molar-refractivity contribution in [2.45, 2.75) is 31.2 Å². The van der Waals surface area contributed by atoms with Crippen LogP contribution >= 0.6 is 0 Å². The van der Waals surface area contributed by atoms with Gasteiger partial charge in [-0.05, 0) is 25.0 Å². The van der Waals surface area contributed by atoms with Crippen molar-refractivity contribution in [2.24, 2.45) is 5.73 Å². The van der Waals surface area contributed by atoms with Crippen LogP contribution in [0.25, 0.3) is 10.9 Å². The molecule has 1 amide bonds. The van der Waals surface area contributed by atoms with Crippen LogP contribution in [0.1, 0.15) is 25.7 Å². The number of hydrogen-bond acceptors (Lipinski definition) is 3. The van der Waals surface area contributed by atoms with Gasteiger partial charge in [0, 0.05) is 11.6 Å². The van der Waals surface area contributed by atoms with E-state index in [0.717, 1.165) is 42.3 Å². The molecule has 3 N–H and O–H groups in total. The number of nitrogens with zero attached hydrogens (tertiary/aromatic N) is 1. The standard InChI is InChI=1S/C15H17N3O/c16-15(8-1-2-9-15)14(19)18-12-7-3-5-11-6-4-10-17-13(11)12/h3-7,10H,1-2,8-9,16H2,(H,18,19). The molecule has 98 valence electrons. The van der Waals surface area contributed by atoms with Crippen molar-refractivity contribution in [3.05, 3.63) is 36.5 Å². The number of carbonyl (C=O) groups excluding carboxylic acids is 1. The van der Waals surface area contributed by atoms with Gasteiger partial charge in [0.2, 0.25) is 5.91 Å². The smallest absolute Gasteiger partial charge is 0.244 e. The Hall–Kier alpha value is -1.94. The highest BCUT2D eigenvalue weighted by Crippen LogP contribution is 2.29. The topological polar surface area (TPSA) is 68.0 Å². The van der Waals surface area contributed by atoms with Crippen LogP contribution in [0.5, 0.6) is 0 Å². The summed E-state index contributed by atoms with van der Waals surface area (Å²) in [5, 5.41) is 3.95. The van der Waals surface area contributed by atoms with Crippen molar-refractivity contribution in [1.82, 2.24) is 4.98 Å². The molecule has 2 aromatic rings. The number of carbonyl (C=O) groups is 1. The summed E-state index contributed by atoms with van der Waals surface area (Å²) in [5.74, 6) is -0.0943. The SMILES string of the molecule is NC1(C(=O)Nc2cccc3cccnc23)CCCC1. The van der Waals surface area contributed by atoms with Gasteiger partial charge in [0.1, 0.15) is 0 Å². The Morgan fingerprint density at radius 1 is 1.21 bits per heavy atom. The molecular formula is C15H17N3O. The molecule has 1 aromatic heterocycles. The van der Waals surface area contributed by atoms with Gasteiger partial charge in [-0.2, -0.15) is 0 Å². The van der Waals surface area contributed by atoms with Gasteiger partial charge >= 0.3 is 0 Å². The number of hydrogen-bond donors (Lipinski definition) is 2. The lowest BCUT2D eigenvalue weighted by Crippen LogP contribution is -2.48. The van der Waals surface area contributed by atoms with E-state index in [0.29, 0.717) is 0 Å². The molecule has 1 aromatic carbocycles. The lowest BCUT2D eigenvalue weighted by Gasteiger charge is -2.22. The predicted molar refractivity (Wildman–Crippen MR) is 75.8 cm³/mol. The molecular weight excluding hydrogens is 238 g/mol. The lowest BCUT2D eigenvalue weighted by molar-refractivity contribution is -0.120. The van der Waals surface area contributed by atoms with Crippen molar-refractivity contribution >= 4 is 22.5 Å². The highest BCUT2D eigenvalue weighted by molar-refractivity contribution is 6.04. The second kappa shape index (κ2) is 4.63. The maximum atomic E-state index is 12.3. The zero-order valence-electron chi connectivity index (χ0n) is 10.7. The van der Waals surface area contributed by atoms with E-state index in [-0.39, 0.29) is 5.91 Å². The highest BCUT2D eigenvalue weighted by atomic mass is 16.2. The van der Waals surface area contributed by atoms with Crippen LogP contribution in [0.15, 0.2) is 36.5 Å². The van der Waals surface area contributed by atoms with E-state index in [1.807, 2.05) is 30.3 Å². The van der Waals surface area contributed by atoms with E-state index < -0.39 is 5.54 Å². The van der Waals surface area contributed by atoms with Crippen LogP contribution < -0.4 is 11.1 Å². The van der Waals surface area contributed by atoms with Gasteiger partial charge in [-0.1, -0.05) is 31.0 Å². The van der Waals surface area contributed by atoms with Gasteiger partial charge in [-0.3, -0.25) is 9.78 Å². The van der Waals surface area contributed by atoms with E-state index >= 15 is 0 Å². The Morgan fingerprint density at radius 3 is 2.74 bits per heavy atom. The Bertz CT molecular complexity index is 612. The number of fused-ring (bicyclic) bond motifs is 1. The number of para-hydroxylation sites is 1. The zero-order valence-corrected chi connectivity index (χ0v) is 10.7. The third-order valence-corrected chi connectivity index (χ3v) is 3.83. The van der Waals surface area contributed by atoms with Crippen molar-refractivity contribution in [3.8, 4) is 0 Å². The van der Waals surface area contributed by atoms with E-state index in [1.54, 1.807) is 6.20 Å². The molecule has 0 radical (unpaired) electrons. The van der Waals surface area contributed by atoms with Gasteiger partial charge in [-0.25, -0.2) is 0 Å². The lowest BCUT2D eigenvalue weighted by atomic mass is 9.98. The normalized spacial score (nSPS) is 17.5. The fraction of sp³-hybridized carbons (Fsp3) is 0.333. The van der Waals surface area contributed by atoms with E-state index in [9.17, 15) is 4.79 Å². The highest BCUT2D eigenvalue weighted by Gasteiger charge is 2.37. The number of nitrogens with one attached hydrogen (secondary N) is 1. The molecule has 0 aliphatic heterocycles. The second-order valence-electron chi connectivity index (χ2n) is 5.20. The van der Waals surface area contributed by atoms with Crippen molar-refractivity contribution in [2.75, 3.05) is 5.32 Å². The van der Waals surface area contributed by atoms with Crippen LogP contribution in [0, 0.1) is 0 Å². The quantitative estimate of drug-likeness (QED) is 0.866. The van der Waals surface area contributed by atoms with Crippen molar-refractivity contribution in [1.29, 1.82) is 0 Å². The zero-order chi connectivity index (χ0) is 13.3. The Kier molecular flexibility index (Phi) is 2.95. The molecule has 1 fully saturated rings. The summed E-state index contributed by atoms with van der Waals surface area (Å²) in [6.07, 6.45) is 5.30. The Labute approximate surface area is 112 Å². The summed E-state index contributed by atoms with van der Waals surface area (Å²) in [4.78, 5) is 16.6. The Balaban J connectivity index is 1.91. The van der Waals surface area contributed by atoms with Crippen LogP contribution in [0.3, 0.4) is 0 Å². The number of pyridine rings is 1. The molecule has 3 rings (SSSR count). The number of rotatable bonds is 2. The fourth-order valence-electron chi connectivity index (χ4n) is 2.68. The maximum Gasteiger partial charge on any atom is 0.244 e.